The minimum atomic E-state index is -5.59. The SMILES string of the molecule is C#Cc1ccc(C2=CC3=C4C(=C5C=C(c6ccc(OC)cc6)S[C@@]5(C)[C@]3(C)S2)C(F)(F)C(F)(F)C4(F)F)cc1. The molecule has 39 heavy (non-hydrogen) atoms. The maximum absolute atomic E-state index is 15.5. The largest absolute Gasteiger partial charge is 0.497 e. The van der Waals surface area contributed by atoms with Crippen LogP contribution in [0.15, 0.2) is 83.0 Å². The number of terminal acetylenes is 1. The van der Waals surface area contributed by atoms with Crippen molar-refractivity contribution in [3.63, 3.8) is 0 Å². The van der Waals surface area contributed by atoms with Crippen LogP contribution in [0.3, 0.4) is 0 Å². The molecule has 1 fully saturated rings. The van der Waals surface area contributed by atoms with Crippen molar-refractivity contribution in [1.29, 1.82) is 0 Å². The molecular weight excluding hydrogens is 554 g/mol. The van der Waals surface area contributed by atoms with Crippen LogP contribution in [0.5, 0.6) is 5.75 Å². The zero-order valence-corrected chi connectivity index (χ0v) is 22.5. The van der Waals surface area contributed by atoms with E-state index in [1.165, 1.54) is 42.8 Å². The van der Waals surface area contributed by atoms with E-state index < -0.39 is 38.4 Å². The first-order valence-electron chi connectivity index (χ1n) is 11.9. The molecule has 0 aromatic heterocycles. The summed E-state index contributed by atoms with van der Waals surface area (Å²) in [5, 5.41) is 0. The Bertz CT molecular complexity index is 1590. The van der Waals surface area contributed by atoms with Crippen molar-refractivity contribution in [1.82, 2.24) is 0 Å². The van der Waals surface area contributed by atoms with Crippen LogP contribution in [0.1, 0.15) is 30.5 Å². The Morgan fingerprint density at radius 2 is 1.10 bits per heavy atom. The van der Waals surface area contributed by atoms with Gasteiger partial charge in [-0.25, -0.2) is 0 Å². The van der Waals surface area contributed by atoms with Crippen molar-refractivity contribution in [2.45, 2.75) is 41.1 Å². The van der Waals surface area contributed by atoms with Crippen molar-refractivity contribution < 1.29 is 31.1 Å². The molecule has 0 N–H and O–H groups in total. The predicted molar refractivity (Wildman–Crippen MR) is 144 cm³/mol. The number of allylic oxidation sites excluding steroid dienone is 4. The molecule has 6 rings (SSSR count). The number of thioether (sulfide) groups is 2. The molecule has 2 aliphatic heterocycles. The first-order chi connectivity index (χ1) is 18.2. The van der Waals surface area contributed by atoms with Crippen molar-refractivity contribution in [2.24, 2.45) is 0 Å². The van der Waals surface area contributed by atoms with Crippen LogP contribution in [-0.4, -0.2) is 34.4 Å². The Hall–Kier alpha value is -2.96. The Labute approximate surface area is 230 Å². The molecule has 2 atom stereocenters. The van der Waals surface area contributed by atoms with Crippen molar-refractivity contribution in [2.75, 3.05) is 7.11 Å². The van der Waals surface area contributed by atoms with E-state index in [2.05, 4.69) is 5.92 Å². The third kappa shape index (κ3) is 3.16. The number of methoxy groups -OCH3 is 1. The fourth-order valence-corrected chi connectivity index (χ4v) is 8.82. The van der Waals surface area contributed by atoms with Gasteiger partial charge in [0, 0.05) is 26.5 Å². The topological polar surface area (TPSA) is 9.23 Å². The average molecular weight is 575 g/mol. The van der Waals surface area contributed by atoms with E-state index in [4.69, 9.17) is 11.2 Å². The number of hydrogen-bond donors (Lipinski definition) is 0. The van der Waals surface area contributed by atoms with E-state index in [0.29, 0.717) is 32.3 Å². The summed E-state index contributed by atoms with van der Waals surface area (Å²) in [4.78, 5) is 1.03. The highest BCUT2D eigenvalue weighted by molar-refractivity contribution is 8.14. The molecule has 2 heterocycles. The molecule has 1 nitrogen and oxygen atoms in total. The van der Waals surface area contributed by atoms with Gasteiger partial charge in [-0.1, -0.05) is 30.2 Å². The van der Waals surface area contributed by atoms with Gasteiger partial charge in [0.2, 0.25) is 0 Å². The fraction of sp³-hybridized carbons (Fsp3) is 0.267. The monoisotopic (exact) mass is 574 g/mol. The highest BCUT2D eigenvalue weighted by Gasteiger charge is 2.84. The second-order valence-electron chi connectivity index (χ2n) is 10.0. The summed E-state index contributed by atoms with van der Waals surface area (Å²) in [6.45, 7) is 3.33. The van der Waals surface area contributed by atoms with Gasteiger partial charge < -0.3 is 4.74 Å². The number of alkyl halides is 6. The van der Waals surface area contributed by atoms with Gasteiger partial charge in [0.25, 0.3) is 0 Å². The summed E-state index contributed by atoms with van der Waals surface area (Å²) in [5.74, 6) is -12.7. The number of fused-ring (bicyclic) bond motifs is 4. The van der Waals surface area contributed by atoms with Crippen LogP contribution in [0, 0.1) is 12.3 Å². The summed E-state index contributed by atoms with van der Waals surface area (Å²) in [6.07, 6.45) is 8.17. The fourth-order valence-electron chi connectivity index (χ4n) is 5.68. The van der Waals surface area contributed by atoms with Gasteiger partial charge in [-0.15, -0.1) is 29.9 Å². The predicted octanol–water partition coefficient (Wildman–Crippen LogP) is 8.60. The van der Waals surface area contributed by atoms with E-state index in [1.807, 2.05) is 0 Å². The molecule has 0 amide bonds. The summed E-state index contributed by atoms with van der Waals surface area (Å²) in [7, 11) is 1.50. The maximum atomic E-state index is 15.5. The number of ether oxygens (including phenoxy) is 1. The normalized spacial score (nSPS) is 29.3. The summed E-state index contributed by atoms with van der Waals surface area (Å²) >= 11 is 2.43. The van der Waals surface area contributed by atoms with Crippen molar-refractivity contribution in [3.05, 3.63) is 99.7 Å². The smallest absolute Gasteiger partial charge is 0.380 e. The number of benzene rings is 2. The molecule has 200 valence electrons. The van der Waals surface area contributed by atoms with E-state index in [-0.39, 0.29) is 11.1 Å². The molecule has 0 saturated heterocycles. The molecule has 4 aliphatic rings. The van der Waals surface area contributed by atoms with E-state index >= 15 is 17.6 Å². The Morgan fingerprint density at radius 3 is 1.49 bits per heavy atom. The quantitative estimate of drug-likeness (QED) is 0.268. The third-order valence-electron chi connectivity index (χ3n) is 8.03. The molecular formula is C30H20F6OS2. The first kappa shape index (κ1) is 26.3. The second-order valence-corrected chi connectivity index (χ2v) is 13.0. The lowest BCUT2D eigenvalue weighted by Crippen LogP contribution is -2.48. The van der Waals surface area contributed by atoms with E-state index in [1.54, 1.807) is 62.4 Å². The number of hydrogen-bond acceptors (Lipinski definition) is 3. The molecule has 0 spiro atoms. The minimum absolute atomic E-state index is 0.203. The molecule has 2 aromatic carbocycles. The van der Waals surface area contributed by atoms with Crippen LogP contribution in [0.4, 0.5) is 26.3 Å². The lowest BCUT2D eigenvalue weighted by atomic mass is 9.71. The molecule has 0 radical (unpaired) electrons. The molecule has 2 aromatic rings. The molecule has 2 aliphatic carbocycles. The zero-order chi connectivity index (χ0) is 28.2. The van der Waals surface area contributed by atoms with Gasteiger partial charge >= 0.3 is 17.8 Å². The highest BCUT2D eigenvalue weighted by Crippen LogP contribution is 2.75. The Balaban J connectivity index is 1.61. The standard InChI is InChI=1S/C30H20F6OS2/c1-5-16-6-8-17(9-7-16)22-14-20-24-25(29(33,34)30(35,36)28(24,31)32)21-15-23(18-10-12-19(37-4)13-11-18)39-27(21,3)26(20,2)38-22/h1,6-15H,2-4H3/t26-,27-/m1/s1. The summed E-state index contributed by atoms with van der Waals surface area (Å²) < 4.78 is 94.3. The molecule has 9 heteroatoms. The van der Waals surface area contributed by atoms with Gasteiger partial charge in [-0.2, -0.15) is 26.3 Å². The van der Waals surface area contributed by atoms with Crippen LogP contribution >= 0.6 is 23.5 Å². The van der Waals surface area contributed by atoms with Gasteiger partial charge in [0.15, 0.2) is 0 Å². The summed E-state index contributed by atoms with van der Waals surface area (Å²) in [6, 6.07) is 13.6. The molecule has 0 bridgehead atoms. The average Bonchev–Trinajstić information content (AvgIpc) is 3.48. The van der Waals surface area contributed by atoms with Gasteiger partial charge in [0.05, 0.1) is 16.6 Å². The van der Waals surface area contributed by atoms with Crippen molar-refractivity contribution >= 4 is 33.3 Å². The van der Waals surface area contributed by atoms with Crippen LogP contribution < -0.4 is 4.74 Å². The zero-order valence-electron chi connectivity index (χ0n) is 20.8. The molecule has 1 saturated carbocycles. The van der Waals surface area contributed by atoms with E-state index in [9.17, 15) is 8.78 Å². The maximum Gasteiger partial charge on any atom is 0.380 e. The van der Waals surface area contributed by atoms with Gasteiger partial charge in [-0.05, 0) is 72.5 Å². The van der Waals surface area contributed by atoms with Crippen molar-refractivity contribution in [3.8, 4) is 18.1 Å². The second kappa shape index (κ2) is 8.05. The number of rotatable bonds is 3. The van der Waals surface area contributed by atoms with Crippen LogP contribution in [0.2, 0.25) is 0 Å². The lowest BCUT2D eigenvalue weighted by molar-refractivity contribution is -0.258. The molecule has 0 unspecified atom stereocenters. The van der Waals surface area contributed by atoms with Gasteiger partial charge in [-0.3, -0.25) is 0 Å². The Kier molecular flexibility index (Phi) is 5.42. The third-order valence-corrected chi connectivity index (χ3v) is 11.4. The van der Waals surface area contributed by atoms with Crippen LogP contribution in [0.25, 0.3) is 9.81 Å². The number of halogens is 6. The summed E-state index contributed by atoms with van der Waals surface area (Å²) in [5.41, 5.74) is -1.09. The lowest BCUT2D eigenvalue weighted by Gasteiger charge is -2.47. The van der Waals surface area contributed by atoms with E-state index in [0.717, 1.165) is 0 Å². The minimum Gasteiger partial charge on any atom is -0.497 e. The first-order valence-corrected chi connectivity index (χ1v) is 13.5. The Morgan fingerprint density at radius 1 is 0.692 bits per heavy atom. The van der Waals surface area contributed by atoms with Crippen LogP contribution in [-0.2, 0) is 0 Å². The van der Waals surface area contributed by atoms with Gasteiger partial charge in [0.1, 0.15) is 5.75 Å². The highest BCUT2D eigenvalue weighted by atomic mass is 32.2.